The SMILES string of the molecule is CCN(CC)c1nc(C)cc(C(=O)NCCc2ccccc2OC)n1. The van der Waals surface area contributed by atoms with Crippen LogP contribution in [0.4, 0.5) is 5.95 Å². The minimum Gasteiger partial charge on any atom is -0.496 e. The Kier molecular flexibility index (Phi) is 6.74. The van der Waals surface area contributed by atoms with Crippen LogP contribution in [0.25, 0.3) is 0 Å². The number of nitrogens with zero attached hydrogens (tertiary/aromatic N) is 3. The van der Waals surface area contributed by atoms with E-state index in [4.69, 9.17) is 4.74 Å². The number of rotatable bonds is 8. The standard InChI is InChI=1S/C19H26N4O2/c1-5-23(6-2)19-21-14(3)13-16(22-19)18(24)20-12-11-15-9-7-8-10-17(15)25-4/h7-10,13H,5-6,11-12H2,1-4H3,(H,20,24). The molecule has 1 N–H and O–H groups in total. The van der Waals surface area contributed by atoms with E-state index in [2.05, 4.69) is 15.3 Å². The number of aryl methyl sites for hydroxylation is 1. The summed E-state index contributed by atoms with van der Waals surface area (Å²) in [5.74, 6) is 1.24. The molecule has 25 heavy (non-hydrogen) atoms. The number of ether oxygens (including phenoxy) is 1. The van der Waals surface area contributed by atoms with Gasteiger partial charge in [-0.25, -0.2) is 9.97 Å². The van der Waals surface area contributed by atoms with E-state index < -0.39 is 0 Å². The summed E-state index contributed by atoms with van der Waals surface area (Å²) in [5, 5.41) is 2.92. The number of hydrogen-bond donors (Lipinski definition) is 1. The first-order valence-electron chi connectivity index (χ1n) is 8.59. The highest BCUT2D eigenvalue weighted by molar-refractivity contribution is 5.92. The van der Waals surface area contributed by atoms with Gasteiger partial charge in [0.1, 0.15) is 11.4 Å². The van der Waals surface area contributed by atoms with Crippen molar-refractivity contribution in [1.82, 2.24) is 15.3 Å². The molecule has 1 aromatic heterocycles. The van der Waals surface area contributed by atoms with Gasteiger partial charge >= 0.3 is 0 Å². The lowest BCUT2D eigenvalue weighted by Gasteiger charge is -2.19. The summed E-state index contributed by atoms with van der Waals surface area (Å²) >= 11 is 0. The van der Waals surface area contributed by atoms with Crippen LogP contribution in [0, 0.1) is 6.92 Å². The number of methoxy groups -OCH3 is 1. The van der Waals surface area contributed by atoms with Gasteiger partial charge in [0.15, 0.2) is 0 Å². The minimum absolute atomic E-state index is 0.186. The van der Waals surface area contributed by atoms with Crippen molar-refractivity contribution in [1.29, 1.82) is 0 Å². The molecule has 1 amide bonds. The lowest BCUT2D eigenvalue weighted by molar-refractivity contribution is 0.0949. The Hall–Kier alpha value is -2.63. The van der Waals surface area contributed by atoms with Gasteiger partial charge in [0.05, 0.1) is 7.11 Å². The van der Waals surface area contributed by atoms with Gasteiger partial charge in [0.2, 0.25) is 5.95 Å². The fraction of sp³-hybridized carbons (Fsp3) is 0.421. The number of nitrogens with one attached hydrogen (secondary N) is 1. The highest BCUT2D eigenvalue weighted by atomic mass is 16.5. The average molecular weight is 342 g/mol. The molecule has 0 aliphatic heterocycles. The van der Waals surface area contributed by atoms with Crippen LogP contribution in [0.1, 0.15) is 35.6 Å². The molecule has 0 spiro atoms. The highest BCUT2D eigenvalue weighted by Gasteiger charge is 2.13. The van der Waals surface area contributed by atoms with Crippen molar-refractivity contribution in [2.45, 2.75) is 27.2 Å². The third kappa shape index (κ3) is 4.92. The predicted octanol–water partition coefficient (Wildman–Crippen LogP) is 2.61. The smallest absolute Gasteiger partial charge is 0.270 e. The highest BCUT2D eigenvalue weighted by Crippen LogP contribution is 2.17. The number of carbonyl (C=O) groups excluding carboxylic acids is 1. The Morgan fingerprint density at radius 2 is 1.92 bits per heavy atom. The zero-order chi connectivity index (χ0) is 18.2. The van der Waals surface area contributed by atoms with Crippen molar-refractivity contribution in [3.63, 3.8) is 0 Å². The van der Waals surface area contributed by atoms with E-state index in [9.17, 15) is 4.79 Å². The van der Waals surface area contributed by atoms with Crippen LogP contribution in [0.5, 0.6) is 5.75 Å². The van der Waals surface area contributed by atoms with Gasteiger partial charge in [-0.2, -0.15) is 0 Å². The second kappa shape index (κ2) is 9.01. The number of aromatic nitrogens is 2. The Morgan fingerprint density at radius 1 is 1.20 bits per heavy atom. The zero-order valence-corrected chi connectivity index (χ0v) is 15.4. The molecule has 1 aromatic carbocycles. The fourth-order valence-corrected chi connectivity index (χ4v) is 2.63. The number of para-hydroxylation sites is 1. The maximum atomic E-state index is 12.4. The Morgan fingerprint density at radius 3 is 2.60 bits per heavy atom. The molecule has 0 saturated carbocycles. The summed E-state index contributed by atoms with van der Waals surface area (Å²) in [6.45, 7) is 8.08. The predicted molar refractivity (Wildman–Crippen MR) is 99.4 cm³/mol. The molecule has 2 aromatic rings. The van der Waals surface area contributed by atoms with Gasteiger partial charge in [0, 0.05) is 25.3 Å². The summed E-state index contributed by atoms with van der Waals surface area (Å²) in [7, 11) is 1.65. The van der Waals surface area contributed by atoms with Gasteiger partial charge in [-0.05, 0) is 44.9 Å². The number of amides is 1. The topological polar surface area (TPSA) is 67.4 Å². The summed E-state index contributed by atoms with van der Waals surface area (Å²) in [6, 6.07) is 9.52. The fourth-order valence-electron chi connectivity index (χ4n) is 2.63. The van der Waals surface area contributed by atoms with Gasteiger partial charge in [-0.1, -0.05) is 18.2 Å². The first-order chi connectivity index (χ1) is 12.1. The molecule has 0 bridgehead atoms. The zero-order valence-electron chi connectivity index (χ0n) is 15.4. The first-order valence-corrected chi connectivity index (χ1v) is 8.59. The van der Waals surface area contributed by atoms with Crippen LogP contribution in [0.2, 0.25) is 0 Å². The van der Waals surface area contributed by atoms with E-state index in [1.54, 1.807) is 13.2 Å². The summed E-state index contributed by atoms with van der Waals surface area (Å²) in [4.78, 5) is 23.3. The van der Waals surface area contributed by atoms with Gasteiger partial charge in [-0.15, -0.1) is 0 Å². The van der Waals surface area contributed by atoms with E-state index in [0.717, 1.165) is 30.1 Å². The number of anilines is 1. The van der Waals surface area contributed by atoms with E-state index >= 15 is 0 Å². The Balaban J connectivity index is 2.03. The van der Waals surface area contributed by atoms with Crippen LogP contribution in [0.3, 0.4) is 0 Å². The van der Waals surface area contributed by atoms with Crippen molar-refractivity contribution >= 4 is 11.9 Å². The van der Waals surface area contributed by atoms with Crippen molar-refractivity contribution in [3.8, 4) is 5.75 Å². The summed E-state index contributed by atoms with van der Waals surface area (Å²) in [6.07, 6.45) is 0.697. The van der Waals surface area contributed by atoms with E-state index in [1.807, 2.05) is 49.9 Å². The number of carbonyl (C=O) groups is 1. The van der Waals surface area contributed by atoms with Crippen molar-refractivity contribution in [2.24, 2.45) is 0 Å². The molecule has 0 aliphatic carbocycles. The second-order valence-electron chi connectivity index (χ2n) is 5.68. The minimum atomic E-state index is -0.186. The molecular weight excluding hydrogens is 316 g/mol. The van der Waals surface area contributed by atoms with E-state index in [0.29, 0.717) is 24.6 Å². The molecule has 6 heteroatoms. The van der Waals surface area contributed by atoms with Crippen LogP contribution < -0.4 is 15.0 Å². The van der Waals surface area contributed by atoms with Crippen molar-refractivity contribution in [3.05, 3.63) is 47.3 Å². The summed E-state index contributed by atoms with van der Waals surface area (Å²) in [5.41, 5.74) is 2.24. The number of hydrogen-bond acceptors (Lipinski definition) is 5. The van der Waals surface area contributed by atoms with Gasteiger partial charge in [0.25, 0.3) is 5.91 Å². The van der Waals surface area contributed by atoms with Crippen molar-refractivity contribution < 1.29 is 9.53 Å². The molecule has 0 atom stereocenters. The van der Waals surface area contributed by atoms with Crippen LogP contribution in [-0.2, 0) is 6.42 Å². The molecule has 0 unspecified atom stereocenters. The molecule has 0 radical (unpaired) electrons. The second-order valence-corrected chi connectivity index (χ2v) is 5.68. The van der Waals surface area contributed by atoms with Crippen LogP contribution in [-0.4, -0.2) is 42.6 Å². The number of benzene rings is 1. The molecular formula is C19H26N4O2. The van der Waals surface area contributed by atoms with Gasteiger partial charge < -0.3 is 15.0 Å². The Bertz CT molecular complexity index is 714. The average Bonchev–Trinajstić information content (AvgIpc) is 2.62. The molecule has 6 nitrogen and oxygen atoms in total. The normalized spacial score (nSPS) is 10.4. The molecule has 2 rings (SSSR count). The lowest BCUT2D eigenvalue weighted by atomic mass is 10.1. The third-order valence-electron chi connectivity index (χ3n) is 3.99. The maximum absolute atomic E-state index is 12.4. The van der Waals surface area contributed by atoms with Gasteiger partial charge in [-0.3, -0.25) is 4.79 Å². The molecule has 0 fully saturated rings. The van der Waals surface area contributed by atoms with Crippen molar-refractivity contribution in [2.75, 3.05) is 31.6 Å². The molecule has 0 saturated heterocycles. The summed E-state index contributed by atoms with van der Waals surface area (Å²) < 4.78 is 5.33. The molecule has 1 heterocycles. The quantitative estimate of drug-likeness (QED) is 0.799. The molecule has 134 valence electrons. The largest absolute Gasteiger partial charge is 0.496 e. The lowest BCUT2D eigenvalue weighted by Crippen LogP contribution is -2.29. The Labute approximate surface area is 149 Å². The van der Waals surface area contributed by atoms with Crippen LogP contribution >= 0.6 is 0 Å². The first kappa shape index (κ1) is 18.7. The van der Waals surface area contributed by atoms with Crippen LogP contribution in [0.15, 0.2) is 30.3 Å². The maximum Gasteiger partial charge on any atom is 0.270 e. The molecule has 0 aliphatic rings. The van der Waals surface area contributed by atoms with E-state index in [1.165, 1.54) is 0 Å². The third-order valence-corrected chi connectivity index (χ3v) is 3.99. The van der Waals surface area contributed by atoms with E-state index in [-0.39, 0.29) is 5.91 Å². The monoisotopic (exact) mass is 342 g/mol.